The Kier molecular flexibility index (Phi) is 5.87. The van der Waals surface area contributed by atoms with Gasteiger partial charge in [-0.3, -0.25) is 14.9 Å². The predicted octanol–water partition coefficient (Wildman–Crippen LogP) is 3.38. The van der Waals surface area contributed by atoms with Gasteiger partial charge in [0.25, 0.3) is 11.6 Å². The molecule has 0 radical (unpaired) electrons. The lowest BCUT2D eigenvalue weighted by molar-refractivity contribution is -0.384. The molecule has 29 heavy (non-hydrogen) atoms. The zero-order valence-electron chi connectivity index (χ0n) is 16.0. The number of aromatic nitrogens is 2. The molecule has 2 N–H and O–H groups in total. The number of carbonyl (C=O) groups is 1. The number of hydrogen-bond donors (Lipinski definition) is 2. The number of nitrogens with zero attached hydrogens (tertiary/aromatic N) is 3. The first-order chi connectivity index (χ1) is 13.9. The van der Waals surface area contributed by atoms with Crippen LogP contribution in [0.3, 0.4) is 0 Å². The van der Waals surface area contributed by atoms with Crippen molar-refractivity contribution in [3.8, 4) is 5.69 Å². The molecule has 0 atom stereocenters. The maximum absolute atomic E-state index is 13.1. The minimum absolute atomic E-state index is 0.0213. The molecule has 0 saturated heterocycles. The molecule has 0 saturated carbocycles. The van der Waals surface area contributed by atoms with Crippen LogP contribution in [-0.4, -0.2) is 33.7 Å². The topological polar surface area (TPSA) is 102 Å². The second-order valence-corrected chi connectivity index (χ2v) is 6.42. The Hall–Kier alpha value is -3.75. The van der Waals surface area contributed by atoms with Crippen molar-refractivity contribution in [1.82, 2.24) is 15.1 Å². The van der Waals surface area contributed by atoms with Crippen LogP contribution in [0, 0.1) is 29.8 Å². The van der Waals surface area contributed by atoms with Crippen LogP contribution < -0.4 is 10.6 Å². The highest BCUT2D eigenvalue weighted by molar-refractivity contribution is 5.96. The fourth-order valence-corrected chi connectivity index (χ4v) is 2.98. The summed E-state index contributed by atoms with van der Waals surface area (Å²) in [4.78, 5) is 22.8. The van der Waals surface area contributed by atoms with Gasteiger partial charge in [0.1, 0.15) is 5.82 Å². The number of benzene rings is 2. The second kappa shape index (κ2) is 8.51. The van der Waals surface area contributed by atoms with Crippen molar-refractivity contribution in [3.05, 3.63) is 81.4 Å². The van der Waals surface area contributed by atoms with Gasteiger partial charge in [-0.05, 0) is 50.2 Å². The second-order valence-electron chi connectivity index (χ2n) is 6.42. The van der Waals surface area contributed by atoms with Gasteiger partial charge in [-0.15, -0.1) is 0 Å². The first-order valence-corrected chi connectivity index (χ1v) is 8.95. The highest BCUT2D eigenvalue weighted by atomic mass is 19.1. The van der Waals surface area contributed by atoms with Crippen LogP contribution in [0.5, 0.6) is 0 Å². The number of nitrogens with one attached hydrogen (secondary N) is 2. The zero-order valence-corrected chi connectivity index (χ0v) is 16.0. The van der Waals surface area contributed by atoms with Crippen LogP contribution in [0.2, 0.25) is 0 Å². The summed E-state index contributed by atoms with van der Waals surface area (Å²) in [6.45, 7) is 4.34. The van der Waals surface area contributed by atoms with Gasteiger partial charge in [0.05, 0.1) is 27.6 Å². The number of carbonyl (C=O) groups excluding carboxylic acids is 1. The van der Waals surface area contributed by atoms with Gasteiger partial charge in [0, 0.05) is 30.9 Å². The molecule has 9 heteroatoms. The van der Waals surface area contributed by atoms with E-state index in [1.807, 2.05) is 0 Å². The van der Waals surface area contributed by atoms with Crippen LogP contribution in [-0.2, 0) is 0 Å². The number of non-ortho nitro benzene ring substituents is 1. The molecule has 0 spiro atoms. The fraction of sp³-hybridized carbons (Fsp3) is 0.200. The lowest BCUT2D eigenvalue weighted by Gasteiger charge is -2.09. The van der Waals surface area contributed by atoms with Crippen molar-refractivity contribution in [1.29, 1.82) is 0 Å². The molecule has 0 bridgehead atoms. The highest BCUT2D eigenvalue weighted by Gasteiger charge is 2.19. The minimum atomic E-state index is -0.458. The largest absolute Gasteiger partial charge is 0.383 e. The highest BCUT2D eigenvalue weighted by Crippen LogP contribution is 2.18. The van der Waals surface area contributed by atoms with Crippen LogP contribution in [0.15, 0.2) is 48.5 Å². The minimum Gasteiger partial charge on any atom is -0.383 e. The maximum atomic E-state index is 13.1. The summed E-state index contributed by atoms with van der Waals surface area (Å²) in [5.74, 6) is -0.590. The van der Waals surface area contributed by atoms with Gasteiger partial charge in [-0.2, -0.15) is 5.10 Å². The molecule has 3 aromatic rings. The number of nitro benzene ring substituents is 1. The molecule has 1 aromatic heterocycles. The van der Waals surface area contributed by atoms with E-state index in [-0.39, 0.29) is 17.4 Å². The van der Waals surface area contributed by atoms with E-state index in [1.54, 1.807) is 42.8 Å². The Balaban J connectivity index is 1.59. The van der Waals surface area contributed by atoms with E-state index >= 15 is 0 Å². The Morgan fingerprint density at radius 2 is 1.76 bits per heavy atom. The van der Waals surface area contributed by atoms with Crippen molar-refractivity contribution < 1.29 is 14.1 Å². The third-order valence-corrected chi connectivity index (χ3v) is 4.41. The molecular weight excluding hydrogens is 377 g/mol. The fourth-order valence-electron chi connectivity index (χ4n) is 2.98. The number of nitro groups is 1. The zero-order chi connectivity index (χ0) is 21.0. The Morgan fingerprint density at radius 1 is 1.10 bits per heavy atom. The number of halogens is 1. The summed E-state index contributed by atoms with van der Waals surface area (Å²) in [6.07, 6.45) is 0. The monoisotopic (exact) mass is 397 g/mol. The van der Waals surface area contributed by atoms with E-state index < -0.39 is 4.92 Å². The lowest BCUT2D eigenvalue weighted by atomic mass is 10.2. The summed E-state index contributed by atoms with van der Waals surface area (Å²) in [5.41, 5.74) is 3.13. The van der Waals surface area contributed by atoms with Crippen molar-refractivity contribution in [2.75, 3.05) is 18.4 Å². The Labute approximate surface area is 166 Å². The van der Waals surface area contributed by atoms with Gasteiger partial charge in [0.2, 0.25) is 0 Å². The first kappa shape index (κ1) is 20.0. The number of hydrogen-bond acceptors (Lipinski definition) is 5. The number of amides is 1. The Morgan fingerprint density at radius 3 is 2.38 bits per heavy atom. The smallest absolute Gasteiger partial charge is 0.269 e. The maximum Gasteiger partial charge on any atom is 0.269 e. The van der Waals surface area contributed by atoms with Crippen molar-refractivity contribution >= 4 is 17.3 Å². The van der Waals surface area contributed by atoms with E-state index in [0.29, 0.717) is 35.7 Å². The molecule has 150 valence electrons. The molecule has 0 aliphatic carbocycles. The molecule has 0 aliphatic rings. The average molecular weight is 397 g/mol. The number of rotatable bonds is 7. The van der Waals surface area contributed by atoms with Gasteiger partial charge >= 0.3 is 0 Å². The first-order valence-electron chi connectivity index (χ1n) is 8.95. The van der Waals surface area contributed by atoms with E-state index in [4.69, 9.17) is 0 Å². The average Bonchev–Trinajstić information content (AvgIpc) is 3.00. The van der Waals surface area contributed by atoms with E-state index in [1.165, 1.54) is 24.3 Å². The standard InChI is InChI=1S/C20H20FN5O3/c1-13-19(14(2)25(24-13)17-7-3-15(21)4-8-17)20(27)23-12-11-22-16-5-9-18(10-6-16)26(28)29/h3-10,22H,11-12H2,1-2H3,(H,23,27). The van der Waals surface area contributed by atoms with Gasteiger partial charge in [-0.25, -0.2) is 9.07 Å². The van der Waals surface area contributed by atoms with Crippen molar-refractivity contribution in [2.24, 2.45) is 0 Å². The molecular formula is C20H20FN5O3. The normalized spacial score (nSPS) is 10.6. The van der Waals surface area contributed by atoms with Gasteiger partial charge in [-0.1, -0.05) is 0 Å². The van der Waals surface area contributed by atoms with Crippen LogP contribution in [0.4, 0.5) is 15.8 Å². The third-order valence-electron chi connectivity index (χ3n) is 4.41. The van der Waals surface area contributed by atoms with E-state index in [9.17, 15) is 19.3 Å². The number of aryl methyl sites for hydroxylation is 1. The molecule has 0 unspecified atom stereocenters. The Bertz CT molecular complexity index is 1030. The SMILES string of the molecule is Cc1nn(-c2ccc(F)cc2)c(C)c1C(=O)NCCNc1ccc([N+](=O)[O-])cc1. The summed E-state index contributed by atoms with van der Waals surface area (Å²) in [7, 11) is 0. The van der Waals surface area contributed by atoms with Gasteiger partial charge in [0.15, 0.2) is 0 Å². The van der Waals surface area contributed by atoms with Crippen LogP contribution in [0.25, 0.3) is 5.69 Å². The molecule has 0 fully saturated rings. The van der Waals surface area contributed by atoms with Crippen molar-refractivity contribution in [2.45, 2.75) is 13.8 Å². The molecule has 2 aromatic carbocycles. The summed E-state index contributed by atoms with van der Waals surface area (Å²) >= 11 is 0. The van der Waals surface area contributed by atoms with Crippen molar-refractivity contribution in [3.63, 3.8) is 0 Å². The summed E-state index contributed by atoms with van der Waals surface area (Å²) in [6, 6.07) is 11.9. The molecule has 1 amide bonds. The summed E-state index contributed by atoms with van der Waals surface area (Å²) in [5, 5.41) is 21.0. The quantitative estimate of drug-likeness (QED) is 0.361. The molecule has 3 rings (SSSR count). The van der Waals surface area contributed by atoms with Crippen LogP contribution >= 0.6 is 0 Å². The van der Waals surface area contributed by atoms with Crippen LogP contribution in [0.1, 0.15) is 21.7 Å². The number of anilines is 1. The van der Waals surface area contributed by atoms with Gasteiger partial charge < -0.3 is 10.6 Å². The third kappa shape index (κ3) is 4.57. The lowest BCUT2D eigenvalue weighted by Crippen LogP contribution is -2.29. The predicted molar refractivity (Wildman–Crippen MR) is 107 cm³/mol. The van der Waals surface area contributed by atoms with E-state index in [0.717, 1.165) is 5.69 Å². The van der Waals surface area contributed by atoms with E-state index in [2.05, 4.69) is 15.7 Å². The summed E-state index contributed by atoms with van der Waals surface area (Å²) < 4.78 is 14.7. The molecule has 1 heterocycles. The molecule has 8 nitrogen and oxygen atoms in total. The molecule has 0 aliphatic heterocycles.